The third kappa shape index (κ3) is 3.45. The number of likely N-dealkylation sites (tertiary alicyclic amines) is 1. The third-order valence-electron chi connectivity index (χ3n) is 4.24. The van der Waals surface area contributed by atoms with Crippen LogP contribution in [0.25, 0.3) is 0 Å². The largest absolute Gasteiger partial charge is 0.377 e. The van der Waals surface area contributed by atoms with Gasteiger partial charge in [-0.1, -0.05) is 12.1 Å². The average Bonchev–Trinajstić information content (AvgIpc) is 3.12. The van der Waals surface area contributed by atoms with Crippen molar-refractivity contribution in [3.63, 3.8) is 0 Å². The Bertz CT molecular complexity index is 567. The summed E-state index contributed by atoms with van der Waals surface area (Å²) < 4.78 is 1.92. The van der Waals surface area contributed by atoms with Gasteiger partial charge in [-0.3, -0.25) is 9.58 Å². The number of nitrogens with one attached hydrogen (secondary N) is 1. The summed E-state index contributed by atoms with van der Waals surface area (Å²) in [5.41, 5.74) is 3.75. The van der Waals surface area contributed by atoms with Crippen molar-refractivity contribution in [1.29, 1.82) is 0 Å². The Balaban J connectivity index is 1.60. The predicted octanol–water partition coefficient (Wildman–Crippen LogP) is 3.19. The van der Waals surface area contributed by atoms with E-state index >= 15 is 0 Å². The fourth-order valence-electron chi connectivity index (χ4n) is 3.04. The van der Waals surface area contributed by atoms with Crippen LogP contribution in [-0.4, -0.2) is 27.8 Å². The van der Waals surface area contributed by atoms with E-state index in [1.807, 2.05) is 17.9 Å². The highest BCUT2D eigenvalue weighted by Crippen LogP contribution is 2.20. The van der Waals surface area contributed by atoms with Crippen molar-refractivity contribution < 1.29 is 0 Å². The van der Waals surface area contributed by atoms with Gasteiger partial charge in [0.25, 0.3) is 0 Å². The number of benzene rings is 1. The molecule has 4 heteroatoms. The maximum atomic E-state index is 4.22. The van der Waals surface area contributed by atoms with Crippen LogP contribution in [0, 0.1) is 0 Å². The molecule has 1 aliphatic rings. The van der Waals surface area contributed by atoms with Gasteiger partial charge in [-0.2, -0.15) is 5.10 Å². The molecule has 112 valence electrons. The van der Waals surface area contributed by atoms with E-state index in [4.69, 9.17) is 0 Å². The Kier molecular flexibility index (Phi) is 4.25. The lowest BCUT2D eigenvalue weighted by Gasteiger charge is -2.17. The minimum absolute atomic E-state index is 0.252. The lowest BCUT2D eigenvalue weighted by molar-refractivity contribution is 0.331. The van der Waals surface area contributed by atoms with Crippen molar-refractivity contribution in [2.45, 2.75) is 32.4 Å². The van der Waals surface area contributed by atoms with Gasteiger partial charge >= 0.3 is 0 Å². The maximum Gasteiger partial charge on any atom is 0.0653 e. The summed E-state index contributed by atoms with van der Waals surface area (Å²) in [6, 6.07) is 11.1. The summed E-state index contributed by atoms with van der Waals surface area (Å²) in [7, 11) is 1.98. The Labute approximate surface area is 126 Å². The molecule has 1 aromatic heterocycles. The number of aryl methyl sites for hydroxylation is 1. The number of rotatable bonds is 5. The topological polar surface area (TPSA) is 33.1 Å². The van der Waals surface area contributed by atoms with Crippen molar-refractivity contribution >= 4 is 5.69 Å². The number of aromatic nitrogens is 2. The van der Waals surface area contributed by atoms with E-state index in [1.54, 1.807) is 0 Å². The second-order valence-corrected chi connectivity index (χ2v) is 5.93. The summed E-state index contributed by atoms with van der Waals surface area (Å²) in [6.07, 6.45) is 4.54. The van der Waals surface area contributed by atoms with Crippen LogP contribution in [0.1, 0.15) is 37.1 Å². The second kappa shape index (κ2) is 6.31. The smallest absolute Gasteiger partial charge is 0.0653 e. The molecular formula is C17H24N4. The van der Waals surface area contributed by atoms with Crippen LogP contribution in [0.2, 0.25) is 0 Å². The van der Waals surface area contributed by atoms with Crippen LogP contribution in [0.5, 0.6) is 0 Å². The van der Waals surface area contributed by atoms with Crippen LogP contribution in [0.15, 0.2) is 36.5 Å². The first-order valence-corrected chi connectivity index (χ1v) is 7.78. The number of anilines is 1. The van der Waals surface area contributed by atoms with Gasteiger partial charge in [-0.05, 0) is 56.6 Å². The van der Waals surface area contributed by atoms with Crippen molar-refractivity contribution in [2.24, 2.45) is 7.05 Å². The zero-order valence-electron chi connectivity index (χ0n) is 12.9. The zero-order valence-corrected chi connectivity index (χ0v) is 12.9. The molecule has 1 atom stereocenters. The van der Waals surface area contributed by atoms with Gasteiger partial charge in [0.05, 0.1) is 11.7 Å². The minimum Gasteiger partial charge on any atom is -0.377 e. The van der Waals surface area contributed by atoms with Gasteiger partial charge in [0.15, 0.2) is 0 Å². The van der Waals surface area contributed by atoms with Gasteiger partial charge in [-0.15, -0.1) is 0 Å². The molecule has 1 fully saturated rings. The summed E-state index contributed by atoms with van der Waals surface area (Å²) >= 11 is 0. The van der Waals surface area contributed by atoms with Crippen molar-refractivity contribution in [3.8, 4) is 0 Å². The molecule has 21 heavy (non-hydrogen) atoms. The summed E-state index contributed by atoms with van der Waals surface area (Å²) in [4.78, 5) is 2.53. The van der Waals surface area contributed by atoms with Gasteiger partial charge in [-0.25, -0.2) is 0 Å². The Hall–Kier alpha value is -1.81. The van der Waals surface area contributed by atoms with Crippen molar-refractivity contribution in [1.82, 2.24) is 14.7 Å². The summed E-state index contributed by atoms with van der Waals surface area (Å²) in [5, 5.41) is 7.75. The molecule has 1 aliphatic heterocycles. The van der Waals surface area contributed by atoms with Crippen molar-refractivity contribution in [2.75, 3.05) is 18.4 Å². The van der Waals surface area contributed by atoms with Crippen LogP contribution in [0.3, 0.4) is 0 Å². The van der Waals surface area contributed by atoms with E-state index in [-0.39, 0.29) is 6.04 Å². The Morgan fingerprint density at radius 1 is 1.14 bits per heavy atom. The molecule has 3 rings (SSSR count). The molecule has 0 bridgehead atoms. The highest BCUT2D eigenvalue weighted by atomic mass is 15.3. The van der Waals surface area contributed by atoms with E-state index in [2.05, 4.69) is 52.6 Å². The first kappa shape index (κ1) is 14.1. The molecule has 1 N–H and O–H groups in total. The fourth-order valence-corrected chi connectivity index (χ4v) is 3.04. The molecule has 2 heterocycles. The average molecular weight is 284 g/mol. The first-order chi connectivity index (χ1) is 10.2. The zero-order chi connectivity index (χ0) is 14.7. The Morgan fingerprint density at radius 2 is 1.86 bits per heavy atom. The van der Waals surface area contributed by atoms with Gasteiger partial charge in [0.1, 0.15) is 0 Å². The van der Waals surface area contributed by atoms with Crippen LogP contribution in [0.4, 0.5) is 5.69 Å². The molecule has 1 unspecified atom stereocenters. The van der Waals surface area contributed by atoms with Crippen LogP contribution < -0.4 is 5.32 Å². The lowest BCUT2D eigenvalue weighted by atomic mass is 10.1. The molecule has 0 amide bonds. The third-order valence-corrected chi connectivity index (χ3v) is 4.24. The molecule has 0 aliphatic carbocycles. The highest BCUT2D eigenvalue weighted by molar-refractivity contribution is 5.46. The number of hydrogen-bond acceptors (Lipinski definition) is 3. The standard InChI is InChI=1S/C17H24N4/c1-14(17-9-10-18-20(17)2)19-16-7-5-15(6-8-16)13-21-11-3-4-12-21/h5-10,14,19H,3-4,11-13H2,1-2H3. The summed E-state index contributed by atoms with van der Waals surface area (Å²) in [5.74, 6) is 0. The first-order valence-electron chi connectivity index (χ1n) is 7.78. The van der Waals surface area contributed by atoms with E-state index in [0.29, 0.717) is 0 Å². The normalized spacial score (nSPS) is 17.0. The van der Waals surface area contributed by atoms with E-state index in [1.165, 1.54) is 37.2 Å². The number of hydrogen-bond donors (Lipinski definition) is 1. The molecule has 0 radical (unpaired) electrons. The van der Waals surface area contributed by atoms with Crippen LogP contribution in [-0.2, 0) is 13.6 Å². The van der Waals surface area contributed by atoms with Crippen LogP contribution >= 0.6 is 0 Å². The second-order valence-electron chi connectivity index (χ2n) is 5.93. The number of nitrogens with zero attached hydrogens (tertiary/aromatic N) is 3. The predicted molar refractivity (Wildman–Crippen MR) is 86.2 cm³/mol. The lowest BCUT2D eigenvalue weighted by Crippen LogP contribution is -2.18. The van der Waals surface area contributed by atoms with Gasteiger partial charge in [0.2, 0.25) is 0 Å². The molecule has 2 aromatic rings. The molecule has 1 aromatic carbocycles. The Morgan fingerprint density at radius 3 is 2.48 bits per heavy atom. The monoisotopic (exact) mass is 284 g/mol. The van der Waals surface area contributed by atoms with E-state index in [9.17, 15) is 0 Å². The molecule has 4 nitrogen and oxygen atoms in total. The van der Waals surface area contributed by atoms with E-state index in [0.717, 1.165) is 12.2 Å². The molecule has 1 saturated heterocycles. The SMILES string of the molecule is CC(Nc1ccc(CN2CCCC2)cc1)c1ccnn1C. The summed E-state index contributed by atoms with van der Waals surface area (Å²) in [6.45, 7) is 5.74. The van der Waals surface area contributed by atoms with E-state index < -0.39 is 0 Å². The minimum atomic E-state index is 0.252. The molecular weight excluding hydrogens is 260 g/mol. The molecule has 0 saturated carbocycles. The quantitative estimate of drug-likeness (QED) is 0.915. The molecule has 0 spiro atoms. The highest BCUT2D eigenvalue weighted by Gasteiger charge is 2.12. The maximum absolute atomic E-state index is 4.22. The fraction of sp³-hybridized carbons (Fsp3) is 0.471. The van der Waals surface area contributed by atoms with Gasteiger partial charge in [0, 0.05) is 25.5 Å². The van der Waals surface area contributed by atoms with Crippen molar-refractivity contribution in [3.05, 3.63) is 47.8 Å². The van der Waals surface area contributed by atoms with Gasteiger partial charge < -0.3 is 5.32 Å².